The second-order valence-corrected chi connectivity index (χ2v) is 6.51. The van der Waals surface area contributed by atoms with Crippen molar-refractivity contribution in [3.05, 3.63) is 28.8 Å². The Bertz CT molecular complexity index is 449. The van der Waals surface area contributed by atoms with Gasteiger partial charge < -0.3 is 5.73 Å². The molecule has 2 fully saturated rings. The van der Waals surface area contributed by atoms with Crippen molar-refractivity contribution >= 4 is 17.3 Å². The zero-order chi connectivity index (χ0) is 13.9. The van der Waals surface area contributed by atoms with Gasteiger partial charge in [-0.15, -0.1) is 0 Å². The van der Waals surface area contributed by atoms with Gasteiger partial charge in [0, 0.05) is 49.5 Å². The molecule has 3 nitrogen and oxygen atoms in total. The fourth-order valence-corrected chi connectivity index (χ4v) is 3.74. The number of hydrogen-bond acceptors (Lipinski definition) is 3. The fraction of sp³-hybridized carbons (Fsp3) is 0.625. The number of nitrogens with zero attached hydrogens (tertiary/aromatic N) is 2. The van der Waals surface area contributed by atoms with Gasteiger partial charge in [-0.3, -0.25) is 9.80 Å². The first-order valence-electron chi connectivity index (χ1n) is 7.73. The van der Waals surface area contributed by atoms with Gasteiger partial charge in [-0.25, -0.2) is 0 Å². The van der Waals surface area contributed by atoms with Crippen molar-refractivity contribution in [1.82, 2.24) is 9.80 Å². The molecule has 1 aromatic rings. The Hall–Kier alpha value is -0.770. The molecule has 0 aromatic heterocycles. The van der Waals surface area contributed by atoms with Gasteiger partial charge in [0.1, 0.15) is 0 Å². The van der Waals surface area contributed by atoms with Crippen LogP contribution in [-0.2, 0) is 6.54 Å². The third-order valence-electron chi connectivity index (χ3n) is 4.72. The van der Waals surface area contributed by atoms with Crippen LogP contribution in [0.5, 0.6) is 0 Å². The van der Waals surface area contributed by atoms with Crippen LogP contribution in [0, 0.1) is 0 Å². The number of piperazine rings is 1. The van der Waals surface area contributed by atoms with Crippen LogP contribution in [0.3, 0.4) is 0 Å². The summed E-state index contributed by atoms with van der Waals surface area (Å²) in [6, 6.07) is 6.71. The molecule has 0 bridgehead atoms. The van der Waals surface area contributed by atoms with E-state index in [1.165, 1.54) is 44.3 Å². The van der Waals surface area contributed by atoms with Crippen LogP contribution in [0.25, 0.3) is 0 Å². The summed E-state index contributed by atoms with van der Waals surface area (Å²) in [5.41, 5.74) is 7.67. The Morgan fingerprint density at radius 2 is 1.80 bits per heavy atom. The number of nitrogens with two attached hydrogens (primary N) is 1. The monoisotopic (exact) mass is 293 g/mol. The van der Waals surface area contributed by atoms with Gasteiger partial charge in [-0.1, -0.05) is 30.5 Å². The van der Waals surface area contributed by atoms with Gasteiger partial charge in [0.2, 0.25) is 0 Å². The summed E-state index contributed by atoms with van der Waals surface area (Å²) < 4.78 is 0. The Morgan fingerprint density at radius 1 is 1.10 bits per heavy atom. The summed E-state index contributed by atoms with van der Waals surface area (Å²) in [5, 5.41) is 0.795. The maximum atomic E-state index is 6.26. The first-order chi connectivity index (χ1) is 9.72. The molecule has 3 rings (SSSR count). The number of nitrogen functional groups attached to an aromatic ring is 1. The Kier molecular flexibility index (Phi) is 4.49. The summed E-state index contributed by atoms with van der Waals surface area (Å²) in [5.74, 6) is 0. The third kappa shape index (κ3) is 3.27. The molecule has 1 heterocycles. The van der Waals surface area contributed by atoms with E-state index in [9.17, 15) is 0 Å². The highest BCUT2D eigenvalue weighted by Gasteiger charge is 2.26. The molecular weight excluding hydrogens is 270 g/mol. The summed E-state index contributed by atoms with van der Waals surface area (Å²) in [7, 11) is 0. The van der Waals surface area contributed by atoms with Crippen molar-refractivity contribution in [2.45, 2.75) is 38.3 Å². The average molecular weight is 294 g/mol. The smallest absolute Gasteiger partial charge is 0.0471 e. The number of halogens is 1. The highest BCUT2D eigenvalue weighted by atomic mass is 35.5. The summed E-state index contributed by atoms with van der Waals surface area (Å²) >= 11 is 6.26. The zero-order valence-corrected chi connectivity index (χ0v) is 12.8. The summed E-state index contributed by atoms with van der Waals surface area (Å²) in [6.07, 6.45) is 5.66. The minimum absolute atomic E-state index is 0.741. The molecule has 2 aliphatic rings. The molecule has 0 spiro atoms. The normalized spacial score (nSPS) is 22.4. The topological polar surface area (TPSA) is 32.5 Å². The Labute approximate surface area is 126 Å². The number of anilines is 1. The molecule has 0 unspecified atom stereocenters. The first-order valence-corrected chi connectivity index (χ1v) is 8.10. The predicted octanol–water partition coefficient (Wildman–Crippen LogP) is 2.98. The van der Waals surface area contributed by atoms with E-state index in [4.69, 9.17) is 17.3 Å². The molecule has 20 heavy (non-hydrogen) atoms. The lowest BCUT2D eigenvalue weighted by Gasteiger charge is -2.38. The van der Waals surface area contributed by atoms with E-state index in [1.807, 2.05) is 12.1 Å². The molecule has 110 valence electrons. The zero-order valence-electron chi connectivity index (χ0n) is 12.0. The third-order valence-corrected chi connectivity index (χ3v) is 5.07. The Balaban J connectivity index is 1.53. The molecule has 0 atom stereocenters. The van der Waals surface area contributed by atoms with Gasteiger partial charge in [0.25, 0.3) is 0 Å². The van der Waals surface area contributed by atoms with Crippen molar-refractivity contribution in [1.29, 1.82) is 0 Å². The van der Waals surface area contributed by atoms with E-state index in [-0.39, 0.29) is 0 Å². The van der Waals surface area contributed by atoms with Gasteiger partial charge in [0.15, 0.2) is 0 Å². The molecule has 4 heteroatoms. The van der Waals surface area contributed by atoms with Crippen LogP contribution >= 0.6 is 11.6 Å². The van der Waals surface area contributed by atoms with Crippen molar-refractivity contribution < 1.29 is 0 Å². The van der Waals surface area contributed by atoms with Crippen LogP contribution < -0.4 is 5.73 Å². The first kappa shape index (κ1) is 14.2. The minimum atomic E-state index is 0.741. The second-order valence-electron chi connectivity index (χ2n) is 6.10. The lowest BCUT2D eigenvalue weighted by molar-refractivity contribution is 0.0937. The number of rotatable bonds is 3. The quantitative estimate of drug-likeness (QED) is 0.870. The molecule has 1 aliphatic heterocycles. The van der Waals surface area contributed by atoms with E-state index in [2.05, 4.69) is 15.9 Å². The molecule has 1 saturated heterocycles. The maximum absolute atomic E-state index is 6.26. The maximum Gasteiger partial charge on any atom is 0.0471 e. The van der Waals surface area contributed by atoms with Gasteiger partial charge in [-0.05, 0) is 30.5 Å². The lowest BCUT2D eigenvalue weighted by atomic mass is 10.1. The second kappa shape index (κ2) is 6.33. The molecule has 0 amide bonds. The minimum Gasteiger partial charge on any atom is -0.399 e. The highest BCUT2D eigenvalue weighted by Crippen LogP contribution is 2.25. The van der Waals surface area contributed by atoms with Crippen molar-refractivity contribution in [2.75, 3.05) is 31.9 Å². The van der Waals surface area contributed by atoms with Gasteiger partial charge >= 0.3 is 0 Å². The van der Waals surface area contributed by atoms with Crippen LogP contribution in [-0.4, -0.2) is 42.0 Å². The van der Waals surface area contributed by atoms with Gasteiger partial charge in [0.05, 0.1) is 0 Å². The molecular formula is C16H24ClN3. The Morgan fingerprint density at radius 3 is 2.45 bits per heavy atom. The SMILES string of the molecule is Nc1ccc(CN2CCN(C3CCCC3)CC2)c(Cl)c1. The van der Waals surface area contributed by atoms with Crippen molar-refractivity contribution in [2.24, 2.45) is 0 Å². The molecule has 2 N–H and O–H groups in total. The average Bonchev–Trinajstić information content (AvgIpc) is 2.97. The van der Waals surface area contributed by atoms with Crippen molar-refractivity contribution in [3.8, 4) is 0 Å². The van der Waals surface area contributed by atoms with E-state index >= 15 is 0 Å². The van der Waals surface area contributed by atoms with Crippen molar-refractivity contribution in [3.63, 3.8) is 0 Å². The highest BCUT2D eigenvalue weighted by molar-refractivity contribution is 6.31. The summed E-state index contributed by atoms with van der Waals surface area (Å²) in [6.45, 7) is 5.65. The van der Waals surface area contributed by atoms with Crippen LogP contribution in [0.1, 0.15) is 31.2 Å². The largest absolute Gasteiger partial charge is 0.399 e. The lowest BCUT2D eigenvalue weighted by Crippen LogP contribution is -2.49. The van der Waals surface area contributed by atoms with Crippen LogP contribution in [0.15, 0.2) is 18.2 Å². The van der Waals surface area contributed by atoms with Gasteiger partial charge in [-0.2, -0.15) is 0 Å². The number of benzene rings is 1. The van der Waals surface area contributed by atoms with E-state index in [0.717, 1.165) is 36.4 Å². The van der Waals surface area contributed by atoms with E-state index in [1.54, 1.807) is 0 Å². The molecule has 1 aromatic carbocycles. The molecule has 1 saturated carbocycles. The standard InChI is InChI=1S/C16H24ClN3/c17-16-11-14(18)6-5-13(16)12-19-7-9-20(10-8-19)15-3-1-2-4-15/h5-6,11,15H,1-4,7-10,12,18H2. The van der Waals surface area contributed by atoms with Crippen LogP contribution in [0.2, 0.25) is 5.02 Å². The molecule has 0 radical (unpaired) electrons. The van der Waals surface area contributed by atoms with Crippen LogP contribution in [0.4, 0.5) is 5.69 Å². The fourth-order valence-electron chi connectivity index (χ4n) is 3.49. The number of hydrogen-bond donors (Lipinski definition) is 1. The van der Waals surface area contributed by atoms with E-state index < -0.39 is 0 Å². The molecule has 1 aliphatic carbocycles. The summed E-state index contributed by atoms with van der Waals surface area (Å²) in [4.78, 5) is 5.19. The predicted molar refractivity (Wildman–Crippen MR) is 85.0 cm³/mol. The van der Waals surface area contributed by atoms with E-state index in [0.29, 0.717) is 0 Å².